The van der Waals surface area contributed by atoms with Gasteiger partial charge in [-0.1, -0.05) is 13.3 Å². The second-order valence-corrected chi connectivity index (χ2v) is 4.54. The van der Waals surface area contributed by atoms with Gasteiger partial charge in [-0.25, -0.2) is 0 Å². The van der Waals surface area contributed by atoms with Crippen LogP contribution in [0.25, 0.3) is 0 Å². The van der Waals surface area contributed by atoms with Gasteiger partial charge in [0, 0.05) is 12.4 Å². The van der Waals surface area contributed by atoms with Crippen LogP contribution in [0.1, 0.15) is 30.6 Å². The molecule has 2 N–H and O–H groups in total. The van der Waals surface area contributed by atoms with E-state index >= 15 is 0 Å². The summed E-state index contributed by atoms with van der Waals surface area (Å²) in [4.78, 5) is 2.77. The van der Waals surface area contributed by atoms with Gasteiger partial charge in [0.25, 0.3) is 10.1 Å². The van der Waals surface area contributed by atoms with Crippen LogP contribution in [-0.2, 0) is 10.1 Å². The second-order valence-electron chi connectivity index (χ2n) is 2.94. The van der Waals surface area contributed by atoms with Gasteiger partial charge >= 0.3 is 29.6 Å². The minimum atomic E-state index is -3.97. The maximum absolute atomic E-state index is 11.0. The molecule has 0 saturated carbocycles. The summed E-state index contributed by atoms with van der Waals surface area (Å²) in [5, 5.41) is -0.788. The molecule has 1 unspecified atom stereocenters. The molecule has 0 aliphatic carbocycles. The molecule has 76 valence electrons. The Bertz CT molecular complexity index is 347. The van der Waals surface area contributed by atoms with Crippen LogP contribution in [0.2, 0.25) is 0 Å². The summed E-state index contributed by atoms with van der Waals surface area (Å²) in [6, 6.07) is 1.66. The fourth-order valence-corrected chi connectivity index (χ4v) is 2.31. The van der Waals surface area contributed by atoms with Gasteiger partial charge in [0.2, 0.25) is 0 Å². The Morgan fingerprint density at radius 3 is 2.57 bits per heavy atom. The van der Waals surface area contributed by atoms with Crippen LogP contribution < -0.4 is 0 Å². The van der Waals surface area contributed by atoms with Crippen LogP contribution in [0.15, 0.2) is 18.5 Å². The zero-order chi connectivity index (χ0) is 9.90. The van der Waals surface area contributed by atoms with E-state index in [2.05, 4.69) is 4.98 Å². The zero-order valence-electron chi connectivity index (χ0n) is 7.40. The summed E-state index contributed by atoms with van der Waals surface area (Å²) in [7, 11) is -3.97. The number of aromatic nitrogens is 1. The standard InChI is InChI=1S/C8H13NO3S.Na.H/c1-2-3-8(13(10,11)12)7-4-5-9-6-7;;/h4-6,8-9H,2-3H2,1H3,(H,10,11,12);;. The molecule has 6 heteroatoms. The van der Waals surface area contributed by atoms with Crippen molar-refractivity contribution in [2.24, 2.45) is 0 Å². The molecular formula is C8H14NNaO3S. The van der Waals surface area contributed by atoms with E-state index in [1.807, 2.05) is 6.92 Å². The summed E-state index contributed by atoms with van der Waals surface area (Å²) in [5.74, 6) is 0. The van der Waals surface area contributed by atoms with Crippen LogP contribution in [0, 0.1) is 0 Å². The van der Waals surface area contributed by atoms with E-state index in [4.69, 9.17) is 4.55 Å². The molecule has 0 saturated heterocycles. The Balaban J connectivity index is 0.00000169. The third-order valence-electron chi connectivity index (χ3n) is 1.90. The SMILES string of the molecule is CCCC(c1cc[nH]c1)S(=O)(=O)O.[NaH]. The summed E-state index contributed by atoms with van der Waals surface area (Å²) in [6.07, 6.45) is 4.39. The fourth-order valence-electron chi connectivity index (χ4n) is 1.29. The molecule has 14 heavy (non-hydrogen) atoms. The predicted molar refractivity (Wildman–Crippen MR) is 57.1 cm³/mol. The normalized spacial score (nSPS) is 13.3. The summed E-state index contributed by atoms with van der Waals surface area (Å²) in [6.45, 7) is 1.88. The average Bonchev–Trinajstić information content (AvgIpc) is 2.49. The average molecular weight is 227 g/mol. The van der Waals surface area contributed by atoms with E-state index < -0.39 is 15.4 Å². The second kappa shape index (κ2) is 5.92. The molecule has 0 aliphatic rings. The van der Waals surface area contributed by atoms with Gasteiger partial charge in [-0.05, 0) is 18.1 Å². The van der Waals surface area contributed by atoms with Crippen molar-refractivity contribution in [2.75, 3.05) is 0 Å². The van der Waals surface area contributed by atoms with E-state index in [0.29, 0.717) is 12.0 Å². The summed E-state index contributed by atoms with van der Waals surface area (Å²) < 4.78 is 30.9. The van der Waals surface area contributed by atoms with Crippen LogP contribution in [0.5, 0.6) is 0 Å². The van der Waals surface area contributed by atoms with Gasteiger partial charge in [0.15, 0.2) is 0 Å². The molecule has 0 radical (unpaired) electrons. The molecule has 4 nitrogen and oxygen atoms in total. The molecule has 1 rings (SSSR count). The van der Waals surface area contributed by atoms with E-state index in [0.717, 1.165) is 6.42 Å². The Morgan fingerprint density at radius 1 is 1.57 bits per heavy atom. The van der Waals surface area contributed by atoms with Crippen molar-refractivity contribution in [1.82, 2.24) is 4.98 Å². The first-order valence-electron chi connectivity index (χ1n) is 4.14. The van der Waals surface area contributed by atoms with E-state index in [1.54, 1.807) is 18.5 Å². The molecule has 1 aromatic heterocycles. The van der Waals surface area contributed by atoms with Crippen LogP contribution >= 0.6 is 0 Å². The molecule has 0 aromatic carbocycles. The third kappa shape index (κ3) is 3.74. The predicted octanol–water partition coefficient (Wildman–Crippen LogP) is 1.10. The first kappa shape index (κ1) is 14.2. The first-order valence-corrected chi connectivity index (χ1v) is 5.65. The van der Waals surface area contributed by atoms with Crippen molar-refractivity contribution in [1.29, 1.82) is 0 Å². The molecule has 1 atom stereocenters. The summed E-state index contributed by atoms with van der Waals surface area (Å²) >= 11 is 0. The maximum atomic E-state index is 11.0. The Hall–Kier alpha value is 0.190. The number of hydrogen-bond donors (Lipinski definition) is 2. The number of H-pyrrole nitrogens is 1. The molecule has 0 spiro atoms. The molecule has 0 amide bonds. The topological polar surface area (TPSA) is 70.2 Å². The number of nitrogens with one attached hydrogen (secondary N) is 1. The van der Waals surface area contributed by atoms with Gasteiger partial charge in [-0.15, -0.1) is 0 Å². The van der Waals surface area contributed by atoms with Crippen molar-refractivity contribution in [3.63, 3.8) is 0 Å². The van der Waals surface area contributed by atoms with Crippen molar-refractivity contribution in [2.45, 2.75) is 25.0 Å². The quantitative estimate of drug-likeness (QED) is 0.597. The van der Waals surface area contributed by atoms with E-state index in [1.165, 1.54) is 0 Å². The molecule has 0 aliphatic heterocycles. The Morgan fingerprint density at radius 2 is 2.21 bits per heavy atom. The first-order chi connectivity index (χ1) is 6.05. The van der Waals surface area contributed by atoms with Crippen LogP contribution in [0.3, 0.4) is 0 Å². The van der Waals surface area contributed by atoms with Gasteiger partial charge in [0.05, 0.1) is 0 Å². The summed E-state index contributed by atoms with van der Waals surface area (Å²) in [5.41, 5.74) is 0.615. The van der Waals surface area contributed by atoms with Crippen LogP contribution in [-0.4, -0.2) is 47.5 Å². The third-order valence-corrected chi connectivity index (χ3v) is 3.13. The Labute approximate surface area is 106 Å². The van der Waals surface area contributed by atoms with E-state index in [-0.39, 0.29) is 29.6 Å². The van der Waals surface area contributed by atoms with Gasteiger partial charge in [-0.2, -0.15) is 8.42 Å². The van der Waals surface area contributed by atoms with Gasteiger partial charge in [0.1, 0.15) is 5.25 Å². The van der Waals surface area contributed by atoms with Crippen molar-refractivity contribution >= 4 is 39.7 Å². The number of hydrogen-bond acceptors (Lipinski definition) is 2. The van der Waals surface area contributed by atoms with Crippen molar-refractivity contribution < 1.29 is 13.0 Å². The fraction of sp³-hybridized carbons (Fsp3) is 0.500. The zero-order valence-corrected chi connectivity index (χ0v) is 8.21. The van der Waals surface area contributed by atoms with Crippen molar-refractivity contribution in [3.05, 3.63) is 24.0 Å². The van der Waals surface area contributed by atoms with Crippen LogP contribution in [0.4, 0.5) is 0 Å². The van der Waals surface area contributed by atoms with Gasteiger partial charge in [-0.3, -0.25) is 4.55 Å². The molecule has 0 fully saturated rings. The molecule has 0 bridgehead atoms. The number of rotatable bonds is 4. The Kier molecular flexibility index (Phi) is 6.00. The monoisotopic (exact) mass is 227 g/mol. The number of aromatic amines is 1. The van der Waals surface area contributed by atoms with Crippen molar-refractivity contribution in [3.8, 4) is 0 Å². The molecule has 1 aromatic rings. The molecular weight excluding hydrogens is 213 g/mol. The van der Waals surface area contributed by atoms with E-state index in [9.17, 15) is 8.42 Å². The minimum absolute atomic E-state index is 0. The van der Waals surface area contributed by atoms with Gasteiger partial charge < -0.3 is 4.98 Å². The molecule has 1 heterocycles.